The first-order valence-electron chi connectivity index (χ1n) is 9.49. The van der Waals surface area contributed by atoms with Crippen molar-refractivity contribution in [2.24, 2.45) is 0 Å². The van der Waals surface area contributed by atoms with Gasteiger partial charge in [-0.15, -0.1) is 0 Å². The summed E-state index contributed by atoms with van der Waals surface area (Å²) in [4.78, 5) is 39.8. The molecule has 0 bridgehead atoms. The molecule has 2 aliphatic heterocycles. The number of anilines is 3. The third kappa shape index (κ3) is 3.69. The SMILES string of the molecule is O=C(Nc1cccc(N2CCNC2=O)c1)c1ccc(N2CCCCC2=O)cc1. The van der Waals surface area contributed by atoms with E-state index < -0.39 is 0 Å². The van der Waals surface area contributed by atoms with Crippen LogP contribution in [0, 0.1) is 0 Å². The molecule has 2 aromatic rings. The van der Waals surface area contributed by atoms with E-state index in [0.717, 1.165) is 30.8 Å². The van der Waals surface area contributed by atoms with E-state index in [4.69, 9.17) is 0 Å². The van der Waals surface area contributed by atoms with Crippen LogP contribution in [0.2, 0.25) is 0 Å². The van der Waals surface area contributed by atoms with Crippen LogP contribution >= 0.6 is 0 Å². The topological polar surface area (TPSA) is 81.8 Å². The predicted octanol–water partition coefficient (Wildman–Crippen LogP) is 2.99. The molecule has 0 atom stereocenters. The number of carbonyl (C=O) groups excluding carboxylic acids is 3. The average Bonchev–Trinajstić information content (AvgIpc) is 3.15. The Morgan fingerprint density at radius 2 is 1.75 bits per heavy atom. The number of rotatable bonds is 4. The fourth-order valence-corrected chi connectivity index (χ4v) is 3.54. The van der Waals surface area contributed by atoms with Crippen molar-refractivity contribution in [3.8, 4) is 0 Å². The van der Waals surface area contributed by atoms with Crippen molar-refractivity contribution < 1.29 is 14.4 Å². The molecular weight excluding hydrogens is 356 g/mol. The van der Waals surface area contributed by atoms with Gasteiger partial charge in [-0.3, -0.25) is 14.5 Å². The van der Waals surface area contributed by atoms with Gasteiger partial charge >= 0.3 is 6.03 Å². The first kappa shape index (κ1) is 18.0. The predicted molar refractivity (Wildman–Crippen MR) is 108 cm³/mol. The Labute approximate surface area is 163 Å². The number of nitrogens with one attached hydrogen (secondary N) is 2. The molecule has 2 fully saturated rings. The molecule has 2 saturated heterocycles. The standard InChI is InChI=1S/C21H22N4O3/c26-19-6-1-2-12-24(19)17-9-7-15(8-10-17)20(27)23-16-4-3-5-18(14-16)25-13-11-22-21(25)28/h3-5,7-10,14H,1-2,6,11-13H2,(H,22,28)(H,23,27). The highest BCUT2D eigenvalue weighted by Crippen LogP contribution is 2.23. The lowest BCUT2D eigenvalue weighted by Crippen LogP contribution is -2.35. The van der Waals surface area contributed by atoms with Crippen LogP contribution < -0.4 is 20.4 Å². The van der Waals surface area contributed by atoms with Crippen LogP contribution in [-0.2, 0) is 4.79 Å². The Bertz CT molecular complexity index is 910. The quantitative estimate of drug-likeness (QED) is 0.858. The number of hydrogen-bond donors (Lipinski definition) is 2. The highest BCUT2D eigenvalue weighted by Gasteiger charge is 2.22. The first-order valence-corrected chi connectivity index (χ1v) is 9.49. The maximum absolute atomic E-state index is 12.6. The summed E-state index contributed by atoms with van der Waals surface area (Å²) in [6.07, 6.45) is 2.51. The minimum Gasteiger partial charge on any atom is -0.336 e. The minimum atomic E-state index is -0.237. The van der Waals surface area contributed by atoms with E-state index in [2.05, 4.69) is 10.6 Å². The van der Waals surface area contributed by atoms with Crippen molar-refractivity contribution in [1.82, 2.24) is 5.32 Å². The van der Waals surface area contributed by atoms with Crippen LogP contribution in [0.15, 0.2) is 48.5 Å². The number of nitrogens with zero attached hydrogens (tertiary/aromatic N) is 2. The van der Waals surface area contributed by atoms with E-state index >= 15 is 0 Å². The van der Waals surface area contributed by atoms with Gasteiger partial charge in [-0.2, -0.15) is 0 Å². The van der Waals surface area contributed by atoms with Crippen molar-refractivity contribution in [1.29, 1.82) is 0 Å². The second-order valence-corrected chi connectivity index (χ2v) is 6.94. The molecule has 2 heterocycles. The highest BCUT2D eigenvalue weighted by atomic mass is 16.2. The Morgan fingerprint density at radius 1 is 0.929 bits per heavy atom. The van der Waals surface area contributed by atoms with Crippen LogP contribution in [0.25, 0.3) is 0 Å². The second-order valence-electron chi connectivity index (χ2n) is 6.94. The van der Waals surface area contributed by atoms with Crippen molar-refractivity contribution in [3.63, 3.8) is 0 Å². The largest absolute Gasteiger partial charge is 0.336 e. The van der Waals surface area contributed by atoms with Crippen molar-refractivity contribution in [3.05, 3.63) is 54.1 Å². The van der Waals surface area contributed by atoms with Crippen molar-refractivity contribution in [2.45, 2.75) is 19.3 Å². The fraction of sp³-hybridized carbons (Fsp3) is 0.286. The number of amides is 4. The van der Waals surface area contributed by atoms with E-state index in [1.165, 1.54) is 0 Å². The van der Waals surface area contributed by atoms with E-state index in [0.29, 0.717) is 30.8 Å². The Hall–Kier alpha value is -3.35. The van der Waals surface area contributed by atoms with Crippen molar-refractivity contribution in [2.75, 3.05) is 34.8 Å². The number of piperidine rings is 1. The van der Waals surface area contributed by atoms with Crippen LogP contribution in [0.3, 0.4) is 0 Å². The van der Waals surface area contributed by atoms with Crippen LogP contribution in [0.5, 0.6) is 0 Å². The third-order valence-corrected chi connectivity index (χ3v) is 5.04. The zero-order chi connectivity index (χ0) is 19.5. The molecule has 7 heteroatoms. The van der Waals surface area contributed by atoms with Gasteiger partial charge in [-0.25, -0.2) is 4.79 Å². The van der Waals surface area contributed by atoms with Gasteiger partial charge in [-0.1, -0.05) is 6.07 Å². The molecule has 28 heavy (non-hydrogen) atoms. The minimum absolute atomic E-state index is 0.131. The Kier molecular flexibility index (Phi) is 4.97. The molecule has 7 nitrogen and oxygen atoms in total. The molecule has 0 aliphatic carbocycles. The van der Waals surface area contributed by atoms with Crippen LogP contribution in [0.1, 0.15) is 29.6 Å². The Morgan fingerprint density at radius 3 is 2.46 bits per heavy atom. The lowest BCUT2D eigenvalue weighted by Gasteiger charge is -2.26. The van der Waals surface area contributed by atoms with Gasteiger partial charge in [-0.05, 0) is 55.3 Å². The van der Waals surface area contributed by atoms with Gasteiger partial charge in [0.25, 0.3) is 5.91 Å². The summed E-state index contributed by atoms with van der Waals surface area (Å²) in [5, 5.41) is 5.63. The summed E-state index contributed by atoms with van der Waals surface area (Å²) in [6.45, 7) is 1.94. The molecule has 4 rings (SSSR count). The third-order valence-electron chi connectivity index (χ3n) is 5.04. The summed E-state index contributed by atoms with van der Waals surface area (Å²) in [5.74, 6) is -0.106. The Balaban J connectivity index is 1.45. The number of urea groups is 1. The van der Waals surface area contributed by atoms with Gasteiger partial charge < -0.3 is 15.5 Å². The molecule has 4 amide bonds. The molecule has 0 aromatic heterocycles. The number of carbonyl (C=O) groups is 3. The van der Waals surface area contributed by atoms with Crippen LogP contribution in [0.4, 0.5) is 21.9 Å². The summed E-state index contributed by atoms with van der Waals surface area (Å²) in [7, 11) is 0. The zero-order valence-corrected chi connectivity index (χ0v) is 15.5. The summed E-state index contributed by atoms with van der Waals surface area (Å²) >= 11 is 0. The van der Waals surface area contributed by atoms with Gasteiger partial charge in [0.15, 0.2) is 0 Å². The van der Waals surface area contributed by atoms with Crippen molar-refractivity contribution >= 4 is 34.9 Å². The van der Waals surface area contributed by atoms with Gasteiger partial charge in [0.2, 0.25) is 5.91 Å². The zero-order valence-electron chi connectivity index (χ0n) is 15.5. The molecule has 0 unspecified atom stereocenters. The smallest absolute Gasteiger partial charge is 0.321 e. The van der Waals surface area contributed by atoms with E-state index in [9.17, 15) is 14.4 Å². The van der Waals surface area contributed by atoms with Crippen LogP contribution in [-0.4, -0.2) is 37.5 Å². The summed E-state index contributed by atoms with van der Waals surface area (Å²) in [6, 6.07) is 14.2. The molecule has 0 spiro atoms. The summed E-state index contributed by atoms with van der Waals surface area (Å²) in [5.41, 5.74) is 2.70. The molecule has 2 N–H and O–H groups in total. The average molecular weight is 378 g/mol. The molecule has 0 radical (unpaired) electrons. The second kappa shape index (κ2) is 7.72. The van der Waals surface area contributed by atoms with E-state index in [1.54, 1.807) is 34.1 Å². The normalized spacial score (nSPS) is 16.9. The number of hydrogen-bond acceptors (Lipinski definition) is 3. The van der Waals surface area contributed by atoms with Gasteiger partial charge in [0, 0.05) is 48.7 Å². The van der Waals surface area contributed by atoms with E-state index in [1.807, 2.05) is 24.3 Å². The lowest BCUT2D eigenvalue weighted by atomic mass is 10.1. The monoisotopic (exact) mass is 378 g/mol. The van der Waals surface area contributed by atoms with Gasteiger partial charge in [0.05, 0.1) is 0 Å². The lowest BCUT2D eigenvalue weighted by molar-refractivity contribution is -0.119. The molecule has 144 valence electrons. The maximum Gasteiger partial charge on any atom is 0.321 e. The summed E-state index contributed by atoms with van der Waals surface area (Å²) < 4.78 is 0. The molecule has 2 aliphatic rings. The molecule has 0 saturated carbocycles. The molecular formula is C21H22N4O3. The van der Waals surface area contributed by atoms with Gasteiger partial charge in [0.1, 0.15) is 0 Å². The first-order chi connectivity index (χ1) is 13.6. The highest BCUT2D eigenvalue weighted by molar-refractivity contribution is 6.05. The number of benzene rings is 2. The molecule has 2 aromatic carbocycles. The fourth-order valence-electron chi connectivity index (χ4n) is 3.54. The van der Waals surface area contributed by atoms with E-state index in [-0.39, 0.29) is 17.8 Å². The maximum atomic E-state index is 12.6.